The summed E-state index contributed by atoms with van der Waals surface area (Å²) in [4.78, 5) is 25.0. The van der Waals surface area contributed by atoms with Crippen molar-refractivity contribution >= 4 is 23.1 Å². The van der Waals surface area contributed by atoms with Gasteiger partial charge in [-0.3, -0.25) is 13.9 Å². The minimum absolute atomic E-state index is 0.117. The summed E-state index contributed by atoms with van der Waals surface area (Å²) in [6.07, 6.45) is 7.56. The number of halogens is 2. The van der Waals surface area contributed by atoms with Gasteiger partial charge in [0.25, 0.3) is 5.56 Å². The molecule has 10 heteroatoms. The summed E-state index contributed by atoms with van der Waals surface area (Å²) in [6, 6.07) is 4.45. The van der Waals surface area contributed by atoms with Gasteiger partial charge in [0.1, 0.15) is 23.4 Å². The van der Waals surface area contributed by atoms with E-state index < -0.39 is 5.82 Å². The molecule has 0 spiro atoms. The lowest BCUT2D eigenvalue weighted by molar-refractivity contribution is 0.0394. The number of fused-ring (bicyclic) bond motifs is 2. The van der Waals surface area contributed by atoms with Crippen molar-refractivity contribution in [2.24, 2.45) is 7.05 Å². The molecule has 8 nitrogen and oxygen atoms in total. The van der Waals surface area contributed by atoms with Crippen molar-refractivity contribution in [2.45, 2.75) is 25.4 Å². The standard InChI is InChI=1S/C24H22ClFN6O2/c1-30-11-14(10-27-30)20-12-31(7-8-34-20)21-13-32-23(28-19-4-2-3-17(19)24(32)33)22(29-21)16-6-5-15(25)9-18(16)26/h5-6,9-11,13,20H,2-4,7-8,12H2,1H3/t20-/m1/s1. The molecule has 4 aromatic rings. The van der Waals surface area contributed by atoms with Crippen LogP contribution in [0.5, 0.6) is 0 Å². The summed E-state index contributed by atoms with van der Waals surface area (Å²) < 4.78 is 24.2. The van der Waals surface area contributed by atoms with Gasteiger partial charge in [0.15, 0.2) is 5.65 Å². The molecule has 0 N–H and O–H groups in total. The van der Waals surface area contributed by atoms with Crippen LogP contribution in [0.25, 0.3) is 16.9 Å². The van der Waals surface area contributed by atoms with Crippen molar-refractivity contribution in [2.75, 3.05) is 24.6 Å². The minimum Gasteiger partial charge on any atom is -0.370 e. The molecular weight excluding hydrogens is 459 g/mol. The zero-order chi connectivity index (χ0) is 23.4. The van der Waals surface area contributed by atoms with Gasteiger partial charge in [0.2, 0.25) is 0 Å². The molecular formula is C24H22ClFN6O2. The Morgan fingerprint density at radius 2 is 2.09 bits per heavy atom. The number of hydrogen-bond acceptors (Lipinski definition) is 6. The Labute approximate surface area is 199 Å². The number of hydrogen-bond donors (Lipinski definition) is 0. The van der Waals surface area contributed by atoms with E-state index in [9.17, 15) is 4.79 Å². The van der Waals surface area contributed by atoms with Crippen molar-refractivity contribution in [3.63, 3.8) is 0 Å². The normalized spacial score (nSPS) is 18.0. The topological polar surface area (TPSA) is 77.5 Å². The van der Waals surface area contributed by atoms with E-state index in [2.05, 4.69) is 10.00 Å². The van der Waals surface area contributed by atoms with E-state index in [1.807, 2.05) is 13.2 Å². The van der Waals surface area contributed by atoms with Gasteiger partial charge in [-0.15, -0.1) is 0 Å². The molecule has 4 heterocycles. The lowest BCUT2D eigenvalue weighted by Gasteiger charge is -2.33. The van der Waals surface area contributed by atoms with Gasteiger partial charge in [0.05, 0.1) is 31.2 Å². The maximum atomic E-state index is 15.0. The third-order valence-corrected chi connectivity index (χ3v) is 6.73. The molecule has 1 saturated heterocycles. The third-order valence-electron chi connectivity index (χ3n) is 6.49. The third kappa shape index (κ3) is 3.56. The number of rotatable bonds is 3. The summed E-state index contributed by atoms with van der Waals surface area (Å²) in [5.41, 5.74) is 3.29. The molecule has 1 aliphatic heterocycles. The summed E-state index contributed by atoms with van der Waals surface area (Å²) in [7, 11) is 1.86. The molecule has 3 aromatic heterocycles. The number of anilines is 1. The van der Waals surface area contributed by atoms with E-state index in [1.54, 1.807) is 29.2 Å². The Morgan fingerprint density at radius 1 is 1.21 bits per heavy atom. The molecule has 0 amide bonds. The molecule has 1 aromatic carbocycles. The van der Waals surface area contributed by atoms with Crippen LogP contribution >= 0.6 is 11.6 Å². The van der Waals surface area contributed by atoms with Crippen LogP contribution in [0.2, 0.25) is 5.02 Å². The number of aromatic nitrogens is 5. The Hall–Kier alpha value is -3.30. The highest BCUT2D eigenvalue weighted by Crippen LogP contribution is 2.31. The van der Waals surface area contributed by atoms with Gasteiger partial charge in [-0.25, -0.2) is 14.4 Å². The molecule has 0 saturated carbocycles. The molecule has 0 bridgehead atoms. The van der Waals surface area contributed by atoms with Gasteiger partial charge >= 0.3 is 0 Å². The monoisotopic (exact) mass is 480 g/mol. The Bertz CT molecular complexity index is 1480. The maximum absolute atomic E-state index is 15.0. The van der Waals surface area contributed by atoms with Crippen LogP contribution in [-0.2, 0) is 24.6 Å². The second-order valence-corrected chi connectivity index (χ2v) is 9.15. The van der Waals surface area contributed by atoms with E-state index in [-0.39, 0.29) is 17.2 Å². The number of benzene rings is 1. The summed E-state index contributed by atoms with van der Waals surface area (Å²) in [5.74, 6) is 0.0555. The molecule has 0 unspecified atom stereocenters. The minimum atomic E-state index is -0.510. The average Bonchev–Trinajstić information content (AvgIpc) is 3.48. The lowest BCUT2D eigenvalue weighted by atomic mass is 10.1. The van der Waals surface area contributed by atoms with Crippen LogP contribution in [0, 0.1) is 5.82 Å². The molecule has 34 heavy (non-hydrogen) atoms. The fourth-order valence-electron chi connectivity index (χ4n) is 4.78. The molecule has 0 radical (unpaired) electrons. The Morgan fingerprint density at radius 3 is 2.88 bits per heavy atom. The fourth-order valence-corrected chi connectivity index (χ4v) is 4.94. The van der Waals surface area contributed by atoms with Crippen LogP contribution in [0.4, 0.5) is 10.2 Å². The molecule has 174 valence electrons. The highest BCUT2D eigenvalue weighted by Gasteiger charge is 2.27. The van der Waals surface area contributed by atoms with Gasteiger partial charge in [0, 0.05) is 41.5 Å². The van der Waals surface area contributed by atoms with Gasteiger partial charge in [-0.2, -0.15) is 5.10 Å². The summed E-state index contributed by atoms with van der Waals surface area (Å²) in [6.45, 7) is 1.60. The number of aryl methyl sites for hydroxylation is 2. The van der Waals surface area contributed by atoms with Gasteiger partial charge in [-0.05, 0) is 37.5 Å². The zero-order valence-electron chi connectivity index (χ0n) is 18.5. The van der Waals surface area contributed by atoms with Crippen molar-refractivity contribution in [1.29, 1.82) is 0 Å². The zero-order valence-corrected chi connectivity index (χ0v) is 19.3. The van der Waals surface area contributed by atoms with Crippen LogP contribution in [-0.4, -0.2) is 43.8 Å². The van der Waals surface area contributed by atoms with E-state index >= 15 is 4.39 Å². The highest BCUT2D eigenvalue weighted by molar-refractivity contribution is 6.30. The largest absolute Gasteiger partial charge is 0.370 e. The van der Waals surface area contributed by atoms with Crippen molar-refractivity contribution < 1.29 is 9.13 Å². The van der Waals surface area contributed by atoms with Crippen LogP contribution in [0.15, 0.2) is 41.6 Å². The first-order valence-electron chi connectivity index (χ1n) is 11.2. The van der Waals surface area contributed by atoms with Gasteiger partial charge < -0.3 is 9.64 Å². The molecule has 2 aliphatic rings. The molecule has 6 rings (SSSR count). The lowest BCUT2D eigenvalue weighted by Crippen LogP contribution is -2.39. The highest BCUT2D eigenvalue weighted by atomic mass is 35.5. The Kier molecular flexibility index (Phi) is 5.11. The van der Waals surface area contributed by atoms with Gasteiger partial charge in [-0.1, -0.05) is 11.6 Å². The average molecular weight is 481 g/mol. The van der Waals surface area contributed by atoms with E-state index in [4.69, 9.17) is 26.3 Å². The predicted octanol–water partition coefficient (Wildman–Crippen LogP) is 3.35. The van der Waals surface area contributed by atoms with Crippen LogP contribution in [0.3, 0.4) is 0 Å². The number of nitrogens with zero attached hydrogens (tertiary/aromatic N) is 6. The number of morpholine rings is 1. The summed E-state index contributed by atoms with van der Waals surface area (Å²) in [5, 5.41) is 4.53. The quantitative estimate of drug-likeness (QED) is 0.447. The van der Waals surface area contributed by atoms with E-state index in [0.717, 1.165) is 29.7 Å². The molecule has 1 atom stereocenters. The first-order valence-corrected chi connectivity index (χ1v) is 11.6. The molecule has 1 fully saturated rings. The smallest absolute Gasteiger partial charge is 0.261 e. The second kappa shape index (κ2) is 8.18. The maximum Gasteiger partial charge on any atom is 0.261 e. The van der Waals surface area contributed by atoms with Crippen molar-refractivity contribution in [1.82, 2.24) is 24.1 Å². The Balaban J connectivity index is 1.52. The van der Waals surface area contributed by atoms with Crippen LogP contribution in [0.1, 0.15) is 29.3 Å². The molecule has 1 aliphatic carbocycles. The van der Waals surface area contributed by atoms with Crippen molar-refractivity contribution in [3.05, 3.63) is 74.8 Å². The van der Waals surface area contributed by atoms with Crippen LogP contribution < -0.4 is 10.5 Å². The van der Waals surface area contributed by atoms with Crippen molar-refractivity contribution in [3.8, 4) is 11.3 Å². The summed E-state index contributed by atoms with van der Waals surface area (Å²) >= 11 is 5.99. The first kappa shape index (κ1) is 21.2. The second-order valence-electron chi connectivity index (χ2n) is 8.71. The predicted molar refractivity (Wildman–Crippen MR) is 126 cm³/mol. The van der Waals surface area contributed by atoms with E-state index in [1.165, 1.54) is 10.5 Å². The first-order chi connectivity index (χ1) is 16.5. The van der Waals surface area contributed by atoms with E-state index in [0.29, 0.717) is 48.3 Å². The number of ether oxygens (including phenoxy) is 1. The SMILES string of the molecule is Cn1cc([C@H]2CN(c3cn4c(=O)c5c(nc4c(-c4ccc(Cl)cc4F)n3)CCC5)CCO2)cn1. The fraction of sp³-hybridized carbons (Fsp3) is 0.333.